The van der Waals surface area contributed by atoms with Gasteiger partial charge in [-0.2, -0.15) is 0 Å². The van der Waals surface area contributed by atoms with E-state index in [0.29, 0.717) is 12.5 Å². The maximum absolute atomic E-state index is 5.42. The zero-order valence-corrected chi connectivity index (χ0v) is 8.87. The molecule has 1 aromatic rings. The predicted octanol–water partition coefficient (Wildman–Crippen LogP) is 1.85. The lowest BCUT2D eigenvalue weighted by Gasteiger charge is -2.19. The van der Waals surface area contributed by atoms with Gasteiger partial charge in [0, 0.05) is 19.2 Å². The van der Waals surface area contributed by atoms with Crippen molar-refractivity contribution in [3.63, 3.8) is 0 Å². The molecule has 0 saturated heterocycles. The molecule has 1 aromatic heterocycles. The molecular formula is C13H16N2. The van der Waals surface area contributed by atoms with Gasteiger partial charge in [-0.1, -0.05) is 12.0 Å². The fourth-order valence-corrected chi connectivity index (χ4v) is 2.02. The summed E-state index contributed by atoms with van der Waals surface area (Å²) < 4.78 is 0. The smallest absolute Gasteiger partial charge is 0.0627 e. The van der Waals surface area contributed by atoms with Crippen molar-refractivity contribution in [1.29, 1.82) is 0 Å². The van der Waals surface area contributed by atoms with E-state index in [1.807, 2.05) is 12.3 Å². The number of aromatic nitrogens is 1. The minimum Gasteiger partial charge on any atom is -0.330 e. The minimum atomic E-state index is 0.335. The Morgan fingerprint density at radius 3 is 3.33 bits per heavy atom. The van der Waals surface area contributed by atoms with Crippen molar-refractivity contribution in [3.8, 4) is 11.8 Å². The summed E-state index contributed by atoms with van der Waals surface area (Å²) in [7, 11) is 0. The van der Waals surface area contributed by atoms with Crippen molar-refractivity contribution in [3.05, 3.63) is 29.6 Å². The van der Waals surface area contributed by atoms with E-state index < -0.39 is 0 Å². The first-order valence-electron chi connectivity index (χ1n) is 5.54. The van der Waals surface area contributed by atoms with Gasteiger partial charge in [-0.3, -0.25) is 4.98 Å². The normalized spacial score (nSPS) is 18.9. The van der Waals surface area contributed by atoms with Gasteiger partial charge < -0.3 is 5.73 Å². The van der Waals surface area contributed by atoms with E-state index in [9.17, 15) is 0 Å². The molecular weight excluding hydrogens is 184 g/mol. The van der Waals surface area contributed by atoms with Crippen molar-refractivity contribution in [2.24, 2.45) is 5.73 Å². The summed E-state index contributed by atoms with van der Waals surface area (Å²) in [6.45, 7) is 0.648. The SMILES string of the molecule is NCCC#CC1CCCc2cccnc21. The third-order valence-corrected chi connectivity index (χ3v) is 2.74. The summed E-state index contributed by atoms with van der Waals surface area (Å²) in [6.07, 6.45) is 6.17. The molecule has 2 rings (SSSR count). The standard InChI is InChI=1S/C13H16N2/c14-9-2-1-5-11-6-3-7-12-8-4-10-15-13(11)12/h4,8,10-11H,2-3,6-7,9,14H2. The Kier molecular flexibility index (Phi) is 3.37. The van der Waals surface area contributed by atoms with Crippen molar-refractivity contribution in [1.82, 2.24) is 4.98 Å². The van der Waals surface area contributed by atoms with E-state index in [4.69, 9.17) is 5.73 Å². The quantitative estimate of drug-likeness (QED) is 0.703. The second kappa shape index (κ2) is 4.95. The van der Waals surface area contributed by atoms with Crippen LogP contribution in [0, 0.1) is 11.8 Å². The summed E-state index contributed by atoms with van der Waals surface area (Å²) in [4.78, 5) is 4.45. The highest BCUT2D eigenvalue weighted by Crippen LogP contribution is 2.28. The van der Waals surface area contributed by atoms with Crippen LogP contribution in [0.3, 0.4) is 0 Å². The fraction of sp³-hybridized carbons (Fsp3) is 0.462. The number of aryl methyl sites for hydroxylation is 1. The molecule has 0 spiro atoms. The van der Waals surface area contributed by atoms with Crippen molar-refractivity contribution in [2.45, 2.75) is 31.6 Å². The molecule has 1 aliphatic rings. The van der Waals surface area contributed by atoms with Crippen LogP contribution in [-0.2, 0) is 6.42 Å². The summed E-state index contributed by atoms with van der Waals surface area (Å²) in [5.41, 5.74) is 7.98. The largest absolute Gasteiger partial charge is 0.330 e. The summed E-state index contributed by atoms with van der Waals surface area (Å²) in [5, 5.41) is 0. The molecule has 78 valence electrons. The topological polar surface area (TPSA) is 38.9 Å². The lowest BCUT2D eigenvalue weighted by molar-refractivity contribution is 0.623. The molecule has 0 amide bonds. The molecule has 0 aliphatic heterocycles. The van der Waals surface area contributed by atoms with Gasteiger partial charge in [0.25, 0.3) is 0 Å². The number of fused-ring (bicyclic) bond motifs is 1. The molecule has 2 nitrogen and oxygen atoms in total. The molecule has 1 aliphatic carbocycles. The number of pyridine rings is 1. The lowest BCUT2D eigenvalue weighted by Crippen LogP contribution is -2.10. The first-order valence-corrected chi connectivity index (χ1v) is 5.54. The Morgan fingerprint density at radius 1 is 1.53 bits per heavy atom. The van der Waals surface area contributed by atoms with Crippen LogP contribution in [0.15, 0.2) is 18.3 Å². The van der Waals surface area contributed by atoms with E-state index in [-0.39, 0.29) is 0 Å². The summed E-state index contributed by atoms with van der Waals surface area (Å²) >= 11 is 0. The lowest BCUT2D eigenvalue weighted by atomic mass is 9.87. The molecule has 15 heavy (non-hydrogen) atoms. The van der Waals surface area contributed by atoms with Crippen molar-refractivity contribution < 1.29 is 0 Å². The zero-order chi connectivity index (χ0) is 10.5. The predicted molar refractivity (Wildman–Crippen MR) is 61.4 cm³/mol. The summed E-state index contributed by atoms with van der Waals surface area (Å²) in [5.74, 6) is 6.75. The van der Waals surface area contributed by atoms with Crippen LogP contribution in [0.4, 0.5) is 0 Å². The highest BCUT2D eigenvalue weighted by atomic mass is 14.7. The molecule has 1 atom stereocenters. The summed E-state index contributed by atoms with van der Waals surface area (Å²) in [6, 6.07) is 4.17. The molecule has 0 fully saturated rings. The Labute approximate surface area is 90.9 Å². The molecule has 0 aromatic carbocycles. The van der Waals surface area contributed by atoms with E-state index >= 15 is 0 Å². The first-order chi connectivity index (χ1) is 7.42. The molecule has 1 unspecified atom stereocenters. The number of hydrogen-bond donors (Lipinski definition) is 1. The molecule has 2 N–H and O–H groups in total. The number of nitrogens with two attached hydrogens (primary N) is 1. The monoisotopic (exact) mass is 200 g/mol. The van der Waals surface area contributed by atoms with Gasteiger partial charge in [-0.25, -0.2) is 0 Å². The highest BCUT2D eigenvalue weighted by molar-refractivity contribution is 5.32. The Morgan fingerprint density at radius 2 is 2.47 bits per heavy atom. The average molecular weight is 200 g/mol. The van der Waals surface area contributed by atoms with Gasteiger partial charge in [-0.15, -0.1) is 5.92 Å². The maximum atomic E-state index is 5.42. The fourth-order valence-electron chi connectivity index (χ4n) is 2.02. The third kappa shape index (κ3) is 2.37. The van der Waals surface area contributed by atoms with Gasteiger partial charge >= 0.3 is 0 Å². The van der Waals surface area contributed by atoms with Crippen LogP contribution in [0.25, 0.3) is 0 Å². The zero-order valence-electron chi connectivity index (χ0n) is 8.87. The van der Waals surface area contributed by atoms with Crippen molar-refractivity contribution >= 4 is 0 Å². The molecule has 0 saturated carbocycles. The second-order valence-electron chi connectivity index (χ2n) is 3.85. The number of nitrogens with zero attached hydrogens (tertiary/aromatic N) is 1. The average Bonchev–Trinajstić information content (AvgIpc) is 2.30. The minimum absolute atomic E-state index is 0.335. The van der Waals surface area contributed by atoms with Crippen LogP contribution >= 0.6 is 0 Å². The number of rotatable bonds is 1. The van der Waals surface area contributed by atoms with Crippen LogP contribution < -0.4 is 5.73 Å². The van der Waals surface area contributed by atoms with E-state index in [1.54, 1.807) is 0 Å². The van der Waals surface area contributed by atoms with Crippen LogP contribution in [0.5, 0.6) is 0 Å². The van der Waals surface area contributed by atoms with Gasteiger partial charge in [-0.05, 0) is 30.9 Å². The van der Waals surface area contributed by atoms with E-state index in [0.717, 1.165) is 19.3 Å². The molecule has 2 heteroatoms. The highest BCUT2D eigenvalue weighted by Gasteiger charge is 2.18. The van der Waals surface area contributed by atoms with Crippen LogP contribution in [0.1, 0.15) is 36.4 Å². The Bertz CT molecular complexity index is 387. The third-order valence-electron chi connectivity index (χ3n) is 2.74. The van der Waals surface area contributed by atoms with Gasteiger partial charge in [0.05, 0.1) is 11.6 Å². The second-order valence-corrected chi connectivity index (χ2v) is 3.85. The van der Waals surface area contributed by atoms with Crippen LogP contribution in [0.2, 0.25) is 0 Å². The van der Waals surface area contributed by atoms with Gasteiger partial charge in [0.2, 0.25) is 0 Å². The first kappa shape index (κ1) is 10.2. The van der Waals surface area contributed by atoms with Gasteiger partial charge in [0.15, 0.2) is 0 Å². The molecule has 0 radical (unpaired) electrons. The van der Waals surface area contributed by atoms with E-state index in [2.05, 4.69) is 22.9 Å². The molecule has 0 bridgehead atoms. The number of hydrogen-bond acceptors (Lipinski definition) is 2. The maximum Gasteiger partial charge on any atom is 0.0627 e. The Balaban J connectivity index is 2.20. The van der Waals surface area contributed by atoms with Crippen LogP contribution in [-0.4, -0.2) is 11.5 Å². The van der Waals surface area contributed by atoms with E-state index in [1.165, 1.54) is 17.7 Å². The van der Waals surface area contributed by atoms with Gasteiger partial charge in [0.1, 0.15) is 0 Å². The van der Waals surface area contributed by atoms with Crippen molar-refractivity contribution in [2.75, 3.05) is 6.54 Å². The Hall–Kier alpha value is -1.33. The molecule has 1 heterocycles.